The van der Waals surface area contributed by atoms with Crippen LogP contribution in [0.25, 0.3) is 0 Å². The quantitative estimate of drug-likeness (QED) is 0.0810. The molecule has 1 unspecified atom stereocenters. The molecule has 9 N–H and O–H groups in total. The SMILES string of the molecule is CC(C)=CCCC(C)=CCCC(C)=CCC(OP(=O)(O)O)([C@H]1O[C@@H](n2ccc(=O)[nH]c2=O)[C@H](OP(=O)(O)O)[C@@H]1OP(=O)(O)O)P(=O)(O)O. The van der Waals surface area contributed by atoms with Crippen LogP contribution >= 0.6 is 31.1 Å². The molecule has 5 atom stereocenters. The van der Waals surface area contributed by atoms with Gasteiger partial charge in [-0.25, -0.2) is 18.5 Å². The van der Waals surface area contributed by atoms with E-state index in [0.717, 1.165) is 30.1 Å². The average molecular weight is 768 g/mol. The van der Waals surface area contributed by atoms with Crippen LogP contribution in [0, 0.1) is 0 Å². The maximum atomic E-state index is 13.2. The summed E-state index contributed by atoms with van der Waals surface area (Å²) in [5.74, 6) is 0. The molecule has 24 heteroatoms. The van der Waals surface area contributed by atoms with Gasteiger partial charge in [-0.05, 0) is 53.4 Å². The van der Waals surface area contributed by atoms with Gasteiger partial charge in [0.15, 0.2) is 6.23 Å². The maximum absolute atomic E-state index is 13.2. The second kappa shape index (κ2) is 16.6. The van der Waals surface area contributed by atoms with Gasteiger partial charge in [-0.1, -0.05) is 34.9 Å². The van der Waals surface area contributed by atoms with E-state index in [0.29, 0.717) is 28.8 Å². The maximum Gasteiger partial charge on any atom is 0.470 e. The van der Waals surface area contributed by atoms with Gasteiger partial charge in [-0.15, -0.1) is 0 Å². The minimum Gasteiger partial charge on any atom is -0.345 e. The summed E-state index contributed by atoms with van der Waals surface area (Å²) in [6.45, 7) is 7.35. The number of nitrogens with zero attached hydrogens (tertiary/aromatic N) is 1. The summed E-state index contributed by atoms with van der Waals surface area (Å²) in [4.78, 5) is 105. The van der Waals surface area contributed by atoms with Crippen LogP contribution in [-0.2, 0) is 36.6 Å². The number of aromatic amines is 1. The van der Waals surface area contributed by atoms with Gasteiger partial charge >= 0.3 is 36.8 Å². The van der Waals surface area contributed by atoms with Crippen LogP contribution in [0.1, 0.15) is 66.0 Å². The normalized spacial score (nSPS) is 22.8. The van der Waals surface area contributed by atoms with Gasteiger partial charge in [0, 0.05) is 18.7 Å². The minimum absolute atomic E-state index is 0.264. The van der Waals surface area contributed by atoms with E-state index >= 15 is 0 Å². The molecule has 1 fully saturated rings. The second-order valence-corrected chi connectivity index (χ2v) is 16.6. The van der Waals surface area contributed by atoms with Crippen molar-refractivity contribution >= 4 is 31.1 Å². The Morgan fingerprint density at radius 3 is 1.83 bits per heavy atom. The molecule has 0 bridgehead atoms. The third-order valence-electron chi connectivity index (χ3n) is 6.91. The van der Waals surface area contributed by atoms with Crippen molar-refractivity contribution in [2.45, 2.75) is 89.7 Å². The summed E-state index contributed by atoms with van der Waals surface area (Å²) >= 11 is 0. The molecule has 1 aliphatic heterocycles. The van der Waals surface area contributed by atoms with Crippen molar-refractivity contribution in [2.24, 2.45) is 0 Å². The lowest BCUT2D eigenvalue weighted by atomic mass is 10.00. The third kappa shape index (κ3) is 12.9. The van der Waals surface area contributed by atoms with E-state index in [1.807, 2.05) is 26.8 Å². The Hall–Kier alpha value is -1.66. The van der Waals surface area contributed by atoms with Gasteiger partial charge in [0.05, 0.1) is 0 Å². The highest BCUT2D eigenvalue weighted by Crippen LogP contribution is 2.65. The van der Waals surface area contributed by atoms with Crippen molar-refractivity contribution in [3.8, 4) is 0 Å². The molecule has 0 saturated carbocycles. The summed E-state index contributed by atoms with van der Waals surface area (Å²) < 4.78 is 69.2. The fraction of sp³-hybridized carbons (Fsp3) is 0.583. The summed E-state index contributed by atoms with van der Waals surface area (Å²) in [7, 11) is -23.7. The topological polar surface area (TPSA) is 322 Å². The Morgan fingerprint density at radius 1 is 0.833 bits per heavy atom. The number of aromatic nitrogens is 2. The highest BCUT2D eigenvalue weighted by molar-refractivity contribution is 7.55. The molecule has 0 radical (unpaired) electrons. The molecule has 274 valence electrons. The van der Waals surface area contributed by atoms with E-state index in [-0.39, 0.29) is 6.42 Å². The van der Waals surface area contributed by atoms with Crippen molar-refractivity contribution in [1.82, 2.24) is 9.55 Å². The Morgan fingerprint density at radius 2 is 1.35 bits per heavy atom. The summed E-state index contributed by atoms with van der Waals surface area (Å²) in [6.07, 6.45) is -3.39. The number of ether oxygens (including phenoxy) is 1. The first-order chi connectivity index (χ1) is 21.7. The van der Waals surface area contributed by atoms with Gasteiger partial charge in [0.25, 0.3) is 5.56 Å². The number of hydrogen-bond donors (Lipinski definition) is 9. The standard InChI is InChI=1S/C24H40N2O18P4/c1-15(2)7-5-8-16(3)9-6-10-17(4)11-13-24(45(29,30)31,44-48(38,39)40)21-19(42-46(32,33)34)20(43-47(35,36)37)22(41-21)26-14-12-18(27)25-23(26)28/h7,9,11-12,14,19-22H,5-6,8,10,13H2,1-4H3,(H,25,27,28)(H2,29,30,31)(H2,32,33,34)(H2,35,36,37)(H2,38,39,40)/t19-,20+,21-,22+,24?/m0/s1. The second-order valence-electron chi connectivity index (χ2n) is 11.2. The van der Waals surface area contributed by atoms with E-state index in [2.05, 4.69) is 19.6 Å². The number of phosphoric acid groups is 3. The smallest absolute Gasteiger partial charge is 0.345 e. The fourth-order valence-electron chi connectivity index (χ4n) is 4.81. The summed E-state index contributed by atoms with van der Waals surface area (Å²) in [5.41, 5.74) is 0.265. The molecule has 2 heterocycles. The van der Waals surface area contributed by atoms with E-state index in [1.54, 1.807) is 4.98 Å². The molecule has 1 aliphatic rings. The first kappa shape index (κ1) is 42.5. The monoisotopic (exact) mass is 768 g/mol. The third-order valence-corrected chi connectivity index (χ3v) is 10.2. The van der Waals surface area contributed by atoms with Crippen LogP contribution in [0.4, 0.5) is 0 Å². The van der Waals surface area contributed by atoms with Crippen molar-refractivity contribution in [1.29, 1.82) is 0 Å². The predicted molar refractivity (Wildman–Crippen MR) is 167 cm³/mol. The van der Waals surface area contributed by atoms with Crippen molar-refractivity contribution in [3.63, 3.8) is 0 Å². The molecule has 48 heavy (non-hydrogen) atoms. The van der Waals surface area contributed by atoms with Gasteiger partial charge in [0.1, 0.15) is 18.3 Å². The number of phosphoric ester groups is 3. The Labute approximate surface area is 274 Å². The first-order valence-electron chi connectivity index (χ1n) is 14.0. The van der Waals surface area contributed by atoms with Crippen molar-refractivity contribution in [2.75, 3.05) is 0 Å². The molecule has 2 rings (SSSR count). The lowest BCUT2D eigenvalue weighted by Crippen LogP contribution is -2.51. The number of hydrogen-bond acceptors (Lipinski definition) is 10. The van der Waals surface area contributed by atoms with Gasteiger partial charge < -0.3 is 43.9 Å². The van der Waals surface area contributed by atoms with E-state index in [4.69, 9.17) is 4.74 Å². The Bertz CT molecular complexity index is 1690. The largest absolute Gasteiger partial charge is 0.470 e. The van der Waals surface area contributed by atoms with Crippen LogP contribution in [0.15, 0.2) is 56.8 Å². The zero-order chi connectivity index (χ0) is 36.9. The Kier molecular flexibility index (Phi) is 14.7. The van der Waals surface area contributed by atoms with Gasteiger partial charge in [-0.2, -0.15) is 0 Å². The molecule has 1 aromatic rings. The van der Waals surface area contributed by atoms with Crippen LogP contribution in [-0.4, -0.2) is 72.4 Å². The fourth-order valence-corrected chi connectivity index (χ4v) is 8.10. The van der Waals surface area contributed by atoms with Crippen LogP contribution in [0.5, 0.6) is 0 Å². The molecule has 1 saturated heterocycles. The Balaban J connectivity index is 2.73. The van der Waals surface area contributed by atoms with Crippen molar-refractivity contribution < 1.29 is 75.7 Å². The van der Waals surface area contributed by atoms with Gasteiger partial charge in [0.2, 0.25) is 5.34 Å². The number of allylic oxidation sites excluding steroid dienone is 5. The van der Waals surface area contributed by atoms with E-state index in [1.165, 1.54) is 6.92 Å². The van der Waals surface area contributed by atoms with Crippen LogP contribution < -0.4 is 11.2 Å². The van der Waals surface area contributed by atoms with E-state index < -0.39 is 78.6 Å². The van der Waals surface area contributed by atoms with Crippen molar-refractivity contribution in [3.05, 3.63) is 68.0 Å². The number of nitrogens with one attached hydrogen (secondary N) is 1. The first-order valence-corrected chi connectivity index (χ1v) is 20.2. The zero-order valence-corrected chi connectivity index (χ0v) is 29.7. The number of H-pyrrole nitrogens is 1. The van der Waals surface area contributed by atoms with Crippen LogP contribution in [0.3, 0.4) is 0 Å². The summed E-state index contributed by atoms with van der Waals surface area (Å²) in [6, 6.07) is 0.706. The van der Waals surface area contributed by atoms with Gasteiger partial charge in [-0.3, -0.25) is 32.5 Å². The highest BCUT2D eigenvalue weighted by Gasteiger charge is 2.67. The molecule has 0 amide bonds. The molecule has 20 nitrogen and oxygen atoms in total. The molecule has 1 aromatic heterocycles. The zero-order valence-electron chi connectivity index (χ0n) is 26.1. The average Bonchev–Trinajstić information content (AvgIpc) is 3.19. The molecular weight excluding hydrogens is 728 g/mol. The van der Waals surface area contributed by atoms with E-state index in [9.17, 15) is 67.0 Å². The predicted octanol–water partition coefficient (Wildman–Crippen LogP) is 2.18. The molecule has 0 spiro atoms. The highest BCUT2D eigenvalue weighted by atomic mass is 31.2. The molecule has 0 aromatic carbocycles. The summed E-state index contributed by atoms with van der Waals surface area (Å²) in [5, 5.41) is -3.60. The lowest BCUT2D eigenvalue weighted by molar-refractivity contribution is -0.106. The lowest BCUT2D eigenvalue weighted by Gasteiger charge is -2.39. The minimum atomic E-state index is -6.12. The van der Waals surface area contributed by atoms with Crippen LogP contribution in [0.2, 0.25) is 0 Å². The molecule has 0 aliphatic carbocycles. The number of rotatable bonds is 17. The molecular formula is C24H40N2O18P4.